The molecule has 0 aliphatic carbocycles. The van der Waals surface area contributed by atoms with Crippen LogP contribution in [0.2, 0.25) is 22.7 Å². The quantitative estimate of drug-likeness (QED) is 0.143. The van der Waals surface area contributed by atoms with Crippen LogP contribution in [0.25, 0.3) is 0 Å². The van der Waals surface area contributed by atoms with Crippen LogP contribution in [0.5, 0.6) is 0 Å². The Morgan fingerprint density at radius 2 is 0.586 bits per heavy atom. The molecule has 0 spiro atoms. The highest BCUT2D eigenvalue weighted by molar-refractivity contribution is 6.99. The average Bonchev–Trinajstić information content (AvgIpc) is 2.76. The average molecular weight is 505 g/mol. The van der Waals surface area contributed by atoms with Gasteiger partial charge < -0.3 is 37.9 Å². The van der Waals surface area contributed by atoms with Gasteiger partial charge in [0.15, 0.2) is 0 Å². The summed E-state index contributed by atoms with van der Waals surface area (Å²) in [6.45, 7) is 0. The Bertz CT molecular complexity index is 300. The van der Waals surface area contributed by atoms with Gasteiger partial charge in [0.1, 0.15) is 23.7 Å². The van der Waals surface area contributed by atoms with Gasteiger partial charge in [-0.25, -0.2) is 0 Å². The van der Waals surface area contributed by atoms with E-state index in [0.717, 1.165) is 0 Å². The first kappa shape index (κ1) is 29.8. The molecule has 0 N–H and O–H groups in total. The number of ether oxygens (including phenoxy) is 8. The largest absolute Gasteiger partial charge is 0.360 e. The predicted octanol–water partition coefficient (Wildman–Crippen LogP) is -1.75. The van der Waals surface area contributed by atoms with E-state index in [1.165, 1.54) is 22.7 Å². The van der Waals surface area contributed by atoms with Crippen molar-refractivity contribution in [3.8, 4) is 0 Å². The van der Waals surface area contributed by atoms with Crippen LogP contribution in [0, 0.1) is 0 Å². The zero-order valence-electron chi connectivity index (χ0n) is 19.7. The second-order valence-electron chi connectivity index (χ2n) is 7.26. The molecule has 0 rings (SSSR count). The molecule has 0 unspecified atom stereocenters. The van der Waals surface area contributed by atoms with Crippen molar-refractivity contribution in [3.05, 3.63) is 0 Å². The van der Waals surface area contributed by atoms with Crippen molar-refractivity contribution in [1.82, 2.24) is 0 Å². The number of hydrogen-bond donors (Lipinski definition) is 0. The minimum absolute atomic E-state index is 0.0196. The first-order valence-corrected chi connectivity index (χ1v) is 20.3. The fourth-order valence-electron chi connectivity index (χ4n) is 3.77. The molecule has 0 atom stereocenters. The van der Waals surface area contributed by atoms with Gasteiger partial charge in [-0.2, -0.15) is 0 Å². The molecular weight excluding hydrogens is 461 g/mol. The molecule has 0 bridgehead atoms. The van der Waals surface area contributed by atoms with Crippen LogP contribution in [0.1, 0.15) is 0 Å². The third-order valence-corrected chi connectivity index (χ3v) is 31.9. The molecule has 0 aromatic rings. The van der Waals surface area contributed by atoms with Crippen LogP contribution < -0.4 is 0 Å². The lowest BCUT2D eigenvalue weighted by molar-refractivity contribution is -0.0440. The molecule has 0 heterocycles. The maximum Gasteiger partial charge on any atom is 0.133 e. The van der Waals surface area contributed by atoms with E-state index in [2.05, 4.69) is 0 Å². The fourth-order valence-corrected chi connectivity index (χ4v) is 38.7. The first-order valence-electron chi connectivity index (χ1n) is 10.2. The van der Waals surface area contributed by atoms with E-state index in [1.54, 1.807) is 56.9 Å². The van der Waals surface area contributed by atoms with Crippen LogP contribution in [-0.2, 0) is 37.9 Å². The van der Waals surface area contributed by atoms with Gasteiger partial charge in [-0.15, -0.1) is 0 Å². The Kier molecular flexibility index (Phi) is 18.8. The smallest absolute Gasteiger partial charge is 0.133 e. The van der Waals surface area contributed by atoms with Crippen LogP contribution in [-0.4, -0.2) is 127 Å². The Labute approximate surface area is 187 Å². The van der Waals surface area contributed by atoms with Crippen molar-refractivity contribution in [1.29, 1.82) is 0 Å². The van der Waals surface area contributed by atoms with E-state index in [9.17, 15) is 0 Å². The highest BCUT2D eigenvalue weighted by atomic mass is 28.4. The summed E-state index contributed by atoms with van der Waals surface area (Å²) in [5.74, 6) is -0.0785. The first-order chi connectivity index (χ1) is 14.0. The Morgan fingerprint density at radius 1 is 0.414 bits per heavy atom. The number of hydrogen-bond acceptors (Lipinski definition) is 8. The van der Waals surface area contributed by atoms with Gasteiger partial charge in [0.25, 0.3) is 0 Å². The summed E-state index contributed by atoms with van der Waals surface area (Å²) in [5.41, 5.74) is 5.19. The number of rotatable bonds is 20. The van der Waals surface area contributed by atoms with E-state index in [1.807, 2.05) is 0 Å². The Balaban J connectivity index is 5.46. The van der Waals surface area contributed by atoms with Gasteiger partial charge in [0, 0.05) is 65.0 Å². The molecule has 0 aliphatic rings. The molecule has 0 fully saturated rings. The molecule has 0 saturated carbocycles. The van der Waals surface area contributed by atoms with Crippen molar-refractivity contribution in [2.45, 2.75) is 46.3 Å². The highest BCUT2D eigenvalue weighted by Gasteiger charge is 2.36. The monoisotopic (exact) mass is 504 g/mol. The highest BCUT2D eigenvalue weighted by Crippen LogP contribution is 2.27. The van der Waals surface area contributed by atoms with E-state index >= 15 is 0 Å². The molecule has 0 saturated heterocycles. The molecule has 13 heteroatoms. The third-order valence-electron chi connectivity index (χ3n) is 5.74. The maximum absolute atomic E-state index is 5.55. The third kappa shape index (κ3) is 12.4. The summed E-state index contributed by atoms with van der Waals surface area (Å²) in [4.78, 5) is 0. The summed E-state index contributed by atoms with van der Waals surface area (Å²) in [6.07, 6.45) is 0. The van der Waals surface area contributed by atoms with Gasteiger partial charge in [-0.05, 0) is 0 Å². The second-order valence-corrected chi connectivity index (χ2v) is 23.2. The molecule has 0 amide bonds. The number of methoxy groups -OCH3 is 8. The summed E-state index contributed by atoms with van der Waals surface area (Å²) in [6, 6.07) is 0. The zero-order valence-corrected chi connectivity index (χ0v) is 26.4. The summed E-state index contributed by atoms with van der Waals surface area (Å²) in [5, 5.41) is 0. The van der Waals surface area contributed by atoms with Crippen LogP contribution in [0.3, 0.4) is 0 Å². The van der Waals surface area contributed by atoms with E-state index < -0.39 is 46.2 Å². The van der Waals surface area contributed by atoms with Gasteiger partial charge in [-0.3, -0.25) is 0 Å². The maximum atomic E-state index is 5.55. The molecule has 0 aromatic carbocycles. The van der Waals surface area contributed by atoms with Crippen molar-refractivity contribution < 1.29 is 37.9 Å². The lowest BCUT2D eigenvalue weighted by Gasteiger charge is -2.35. The second kappa shape index (κ2) is 18.3. The summed E-state index contributed by atoms with van der Waals surface area (Å²) in [7, 11) is 10.3. The van der Waals surface area contributed by atoms with Crippen LogP contribution >= 0.6 is 0 Å². The van der Waals surface area contributed by atoms with Crippen molar-refractivity contribution in [3.63, 3.8) is 0 Å². The Hall–Kier alpha value is 0.764. The Morgan fingerprint density at radius 3 is 0.724 bits per heavy atom. The van der Waals surface area contributed by atoms with Gasteiger partial charge in [0.05, 0.1) is 38.1 Å². The van der Waals surface area contributed by atoms with E-state index in [-0.39, 0.29) is 23.7 Å². The minimum Gasteiger partial charge on any atom is -0.360 e. The molecule has 0 radical (unpaired) electrons. The van der Waals surface area contributed by atoms with Crippen LogP contribution in [0.4, 0.5) is 0 Å². The zero-order chi connectivity index (χ0) is 22.1. The minimum atomic E-state index is -1.57. The predicted molar refractivity (Wildman–Crippen MR) is 130 cm³/mol. The standard InChI is InChI=1S/C16H44O8Si5/c1-17-13(18-2)25-9-29(10-26-14(19-3)20-4,11-27-15(21-5)22-6)12-28-16(23-7)24-8/h13-16H,9-12,25-28H2,1-8H3. The molecule has 176 valence electrons. The fraction of sp³-hybridized carbons (Fsp3) is 1.00. The summed E-state index contributed by atoms with van der Waals surface area (Å²) >= 11 is 0. The summed E-state index contributed by atoms with van der Waals surface area (Å²) < 4.78 is 44.4. The molecule has 8 nitrogen and oxygen atoms in total. The van der Waals surface area contributed by atoms with Gasteiger partial charge in [-0.1, -0.05) is 22.7 Å². The lowest BCUT2D eigenvalue weighted by Crippen LogP contribution is -2.47. The molecule has 29 heavy (non-hydrogen) atoms. The lowest BCUT2D eigenvalue weighted by atomic mass is 11.3. The van der Waals surface area contributed by atoms with Crippen molar-refractivity contribution >= 4 is 46.2 Å². The molecular formula is C16H44O8Si5. The van der Waals surface area contributed by atoms with Crippen molar-refractivity contribution in [2.24, 2.45) is 0 Å². The van der Waals surface area contributed by atoms with Crippen molar-refractivity contribution in [2.75, 3.05) is 56.9 Å². The van der Waals surface area contributed by atoms with Crippen LogP contribution in [0.15, 0.2) is 0 Å². The normalized spacial score (nSPS) is 16.1. The molecule has 0 aromatic heterocycles. The molecule has 0 aliphatic heterocycles. The SMILES string of the molecule is COC(OC)[SiH2]C[Si](C[SiH2]C(OC)OC)(C[SiH2]C(OC)OC)C[SiH2]C(OC)OC. The van der Waals surface area contributed by atoms with E-state index in [4.69, 9.17) is 37.9 Å². The van der Waals surface area contributed by atoms with E-state index in [0.29, 0.717) is 0 Å². The van der Waals surface area contributed by atoms with Gasteiger partial charge in [0.2, 0.25) is 0 Å². The van der Waals surface area contributed by atoms with Gasteiger partial charge >= 0.3 is 0 Å². The topological polar surface area (TPSA) is 73.8 Å².